The second-order valence-electron chi connectivity index (χ2n) is 7.95. The molecule has 2 aromatic heterocycles. The van der Waals surface area contributed by atoms with Crippen LogP contribution in [0.2, 0.25) is 0 Å². The highest BCUT2D eigenvalue weighted by atomic mass is 16.1. The van der Waals surface area contributed by atoms with Crippen molar-refractivity contribution in [3.05, 3.63) is 83.2 Å². The topological polar surface area (TPSA) is 26.9 Å². The minimum absolute atomic E-state index is 0.192. The number of hydrogen-bond acceptors (Lipinski definition) is 1. The molecule has 0 amide bonds. The second kappa shape index (κ2) is 6.93. The Morgan fingerprint density at radius 3 is 1.66 bits per heavy atom. The molecule has 0 unspecified atom stereocenters. The van der Waals surface area contributed by atoms with Crippen molar-refractivity contribution in [1.29, 1.82) is 0 Å². The van der Waals surface area contributed by atoms with Crippen LogP contribution in [-0.4, -0.2) is 14.9 Å². The van der Waals surface area contributed by atoms with Crippen LogP contribution in [0.3, 0.4) is 0 Å². The van der Waals surface area contributed by atoms with Crippen LogP contribution in [0.1, 0.15) is 30.4 Å². The zero-order valence-electron chi connectivity index (χ0n) is 16.9. The van der Waals surface area contributed by atoms with Crippen molar-refractivity contribution in [2.75, 3.05) is 0 Å². The third-order valence-corrected chi connectivity index (χ3v) is 5.99. The van der Waals surface area contributed by atoms with Crippen LogP contribution in [0.15, 0.2) is 72.1 Å². The van der Waals surface area contributed by atoms with Crippen LogP contribution in [-0.2, 0) is 18.9 Å². The van der Waals surface area contributed by atoms with Gasteiger partial charge >= 0.3 is 0 Å². The van der Waals surface area contributed by atoms with E-state index >= 15 is 0 Å². The summed E-state index contributed by atoms with van der Waals surface area (Å²) in [4.78, 5) is 13.3. The highest BCUT2D eigenvalue weighted by Crippen LogP contribution is 2.32. The van der Waals surface area contributed by atoms with Gasteiger partial charge in [0.1, 0.15) is 0 Å². The van der Waals surface area contributed by atoms with Crippen LogP contribution in [0.5, 0.6) is 0 Å². The van der Waals surface area contributed by atoms with Crippen molar-refractivity contribution < 1.29 is 4.79 Å². The van der Waals surface area contributed by atoms with Crippen molar-refractivity contribution in [2.24, 2.45) is 14.1 Å². The monoisotopic (exact) mass is 380 g/mol. The zero-order valence-corrected chi connectivity index (χ0v) is 16.9. The number of Topliss-reactive ketones (excluding diaryl/α,β-unsaturated/α-hetero) is 1. The lowest BCUT2D eigenvalue weighted by molar-refractivity contribution is -0.112. The van der Waals surface area contributed by atoms with Crippen LogP contribution in [0.25, 0.3) is 34.0 Å². The Balaban J connectivity index is 1.55. The average Bonchev–Trinajstić information content (AvgIpc) is 3.23. The fraction of sp³-hybridized carbons (Fsp3) is 0.192. The number of ketones is 1. The van der Waals surface area contributed by atoms with Gasteiger partial charge in [0.25, 0.3) is 0 Å². The standard InChI is InChI=1S/C26H24N2O/c1-27-16-20(22-10-3-5-12-24(22)27)14-18-8-7-9-19(26(18)29)15-21-17-28(2)25-13-6-4-11-23(21)25/h3-6,10-17H,7-9H2,1-2H3/b18-14+,19-15+. The number of fused-ring (bicyclic) bond motifs is 2. The number of aryl methyl sites for hydroxylation is 2. The number of carbonyl (C=O) groups is 1. The molecule has 1 fully saturated rings. The Morgan fingerprint density at radius 2 is 1.17 bits per heavy atom. The van der Waals surface area contributed by atoms with Crippen LogP contribution in [0.4, 0.5) is 0 Å². The maximum atomic E-state index is 13.3. The van der Waals surface area contributed by atoms with Gasteiger partial charge in [0, 0.05) is 70.6 Å². The van der Waals surface area contributed by atoms with Crippen molar-refractivity contribution in [1.82, 2.24) is 9.13 Å². The Kier molecular flexibility index (Phi) is 4.24. The molecular weight excluding hydrogens is 356 g/mol. The molecule has 0 radical (unpaired) electrons. The molecule has 2 aromatic carbocycles. The predicted molar refractivity (Wildman–Crippen MR) is 121 cm³/mol. The van der Waals surface area contributed by atoms with Crippen molar-refractivity contribution in [2.45, 2.75) is 19.3 Å². The van der Waals surface area contributed by atoms with E-state index in [0.717, 1.165) is 41.5 Å². The molecule has 0 saturated heterocycles. The minimum Gasteiger partial charge on any atom is -0.350 e. The number of aromatic nitrogens is 2. The summed E-state index contributed by atoms with van der Waals surface area (Å²) in [5.74, 6) is 0.192. The number of nitrogens with zero attached hydrogens (tertiary/aromatic N) is 2. The molecule has 144 valence electrons. The molecular formula is C26H24N2O. The van der Waals surface area contributed by atoms with Gasteiger partial charge in [-0.05, 0) is 43.5 Å². The van der Waals surface area contributed by atoms with Crippen molar-refractivity contribution in [3.63, 3.8) is 0 Å². The third kappa shape index (κ3) is 3.03. The van der Waals surface area contributed by atoms with Gasteiger partial charge in [-0.1, -0.05) is 36.4 Å². The molecule has 4 aromatic rings. The molecule has 0 aliphatic heterocycles. The molecule has 1 aliphatic rings. The van der Waals surface area contributed by atoms with E-state index in [0.29, 0.717) is 0 Å². The SMILES string of the molecule is Cn1cc(/C=C2\CCC/C(=C\c3cn(C)c4ccccc34)C2=O)c2ccccc21. The van der Waals surface area contributed by atoms with E-state index in [4.69, 9.17) is 0 Å². The molecule has 3 heteroatoms. The average molecular weight is 380 g/mol. The Hall–Kier alpha value is -3.33. The first-order valence-corrected chi connectivity index (χ1v) is 10.2. The molecule has 1 aliphatic carbocycles. The zero-order chi connectivity index (χ0) is 20.0. The van der Waals surface area contributed by atoms with Gasteiger partial charge in [-0.2, -0.15) is 0 Å². The van der Waals surface area contributed by atoms with E-state index in [1.807, 2.05) is 0 Å². The summed E-state index contributed by atoms with van der Waals surface area (Å²) in [5.41, 5.74) is 6.46. The lowest BCUT2D eigenvalue weighted by Gasteiger charge is -2.16. The second-order valence-corrected chi connectivity index (χ2v) is 7.95. The van der Waals surface area contributed by atoms with E-state index in [1.54, 1.807) is 0 Å². The molecule has 2 heterocycles. The Labute approximate surface area is 170 Å². The first-order valence-electron chi connectivity index (χ1n) is 10.2. The molecule has 0 bridgehead atoms. The largest absolute Gasteiger partial charge is 0.350 e. The molecule has 0 spiro atoms. The number of hydrogen-bond donors (Lipinski definition) is 0. The molecule has 0 N–H and O–H groups in total. The molecule has 29 heavy (non-hydrogen) atoms. The van der Waals surface area contributed by atoms with Gasteiger partial charge < -0.3 is 9.13 Å². The summed E-state index contributed by atoms with van der Waals surface area (Å²) in [7, 11) is 4.11. The lowest BCUT2D eigenvalue weighted by atomic mass is 9.87. The number of allylic oxidation sites excluding steroid dienone is 2. The number of carbonyl (C=O) groups excluding carboxylic acids is 1. The fourth-order valence-corrected chi connectivity index (χ4v) is 4.53. The molecule has 1 saturated carbocycles. The smallest absolute Gasteiger partial charge is 0.185 e. The van der Waals surface area contributed by atoms with Crippen LogP contribution >= 0.6 is 0 Å². The summed E-state index contributed by atoms with van der Waals surface area (Å²) in [6, 6.07) is 16.7. The van der Waals surface area contributed by atoms with E-state index < -0.39 is 0 Å². The molecule has 5 rings (SSSR count). The number of para-hydroxylation sites is 2. The van der Waals surface area contributed by atoms with Crippen molar-refractivity contribution >= 4 is 39.7 Å². The maximum absolute atomic E-state index is 13.3. The number of rotatable bonds is 2. The van der Waals surface area contributed by atoms with Gasteiger partial charge in [0.05, 0.1) is 0 Å². The van der Waals surface area contributed by atoms with Gasteiger partial charge in [-0.3, -0.25) is 4.79 Å². The summed E-state index contributed by atoms with van der Waals surface area (Å²) in [6.07, 6.45) is 11.1. The summed E-state index contributed by atoms with van der Waals surface area (Å²) in [5, 5.41) is 2.39. The minimum atomic E-state index is 0.192. The van der Waals surface area contributed by atoms with E-state index in [-0.39, 0.29) is 5.78 Å². The Morgan fingerprint density at radius 1 is 0.724 bits per heavy atom. The van der Waals surface area contributed by atoms with E-state index in [1.165, 1.54) is 21.8 Å². The van der Waals surface area contributed by atoms with Gasteiger partial charge in [0.2, 0.25) is 0 Å². The van der Waals surface area contributed by atoms with Gasteiger partial charge in [-0.15, -0.1) is 0 Å². The van der Waals surface area contributed by atoms with Crippen LogP contribution < -0.4 is 0 Å². The molecule has 0 atom stereocenters. The van der Waals surface area contributed by atoms with E-state index in [9.17, 15) is 4.79 Å². The third-order valence-electron chi connectivity index (χ3n) is 5.99. The van der Waals surface area contributed by atoms with Gasteiger partial charge in [-0.25, -0.2) is 0 Å². The lowest BCUT2D eigenvalue weighted by Crippen LogP contribution is -2.12. The highest BCUT2D eigenvalue weighted by Gasteiger charge is 2.21. The van der Waals surface area contributed by atoms with E-state index in [2.05, 4.69) is 96.3 Å². The first-order chi connectivity index (χ1) is 14.1. The van der Waals surface area contributed by atoms with Crippen LogP contribution in [0, 0.1) is 0 Å². The molecule has 3 nitrogen and oxygen atoms in total. The van der Waals surface area contributed by atoms with Crippen molar-refractivity contribution in [3.8, 4) is 0 Å². The fourth-order valence-electron chi connectivity index (χ4n) is 4.53. The maximum Gasteiger partial charge on any atom is 0.185 e. The normalized spacial score (nSPS) is 17.8. The summed E-state index contributed by atoms with van der Waals surface area (Å²) >= 11 is 0. The highest BCUT2D eigenvalue weighted by molar-refractivity contribution is 6.15. The Bertz CT molecular complexity index is 1210. The predicted octanol–water partition coefficient (Wildman–Crippen LogP) is 5.89. The first kappa shape index (κ1) is 17.7. The summed E-state index contributed by atoms with van der Waals surface area (Å²) in [6.45, 7) is 0. The quantitative estimate of drug-likeness (QED) is 0.398. The summed E-state index contributed by atoms with van der Waals surface area (Å²) < 4.78 is 4.25. The number of benzene rings is 2. The van der Waals surface area contributed by atoms with Gasteiger partial charge in [0.15, 0.2) is 5.78 Å².